The Kier molecular flexibility index (Phi) is 9.78. The lowest BCUT2D eigenvalue weighted by Gasteiger charge is -2.30. The lowest BCUT2D eigenvalue weighted by Crippen LogP contribution is -2.42. The van der Waals surface area contributed by atoms with E-state index < -0.39 is 53.7 Å². The third-order valence-electron chi connectivity index (χ3n) is 6.46. The van der Waals surface area contributed by atoms with Crippen molar-refractivity contribution < 1.29 is 45.4 Å². The molecule has 1 amide bonds. The molecular weight excluding hydrogens is 570 g/mol. The minimum absolute atomic E-state index is 0.0158. The lowest BCUT2D eigenvalue weighted by atomic mass is 10.0. The molecule has 0 bridgehead atoms. The van der Waals surface area contributed by atoms with E-state index in [1.807, 2.05) is 6.92 Å². The highest BCUT2D eigenvalue weighted by atomic mass is 19.4. The highest BCUT2D eigenvalue weighted by molar-refractivity contribution is 5.86. The Hall–Kier alpha value is -3.84. The van der Waals surface area contributed by atoms with E-state index in [0.717, 1.165) is 6.08 Å². The number of hydrogen-bond acceptors (Lipinski definition) is 7. The minimum Gasteiger partial charge on any atom is -0.466 e. The molecule has 1 aromatic carbocycles. The molecule has 2 heterocycles. The van der Waals surface area contributed by atoms with Crippen molar-refractivity contribution in [3.05, 3.63) is 58.9 Å². The van der Waals surface area contributed by atoms with E-state index in [-0.39, 0.29) is 30.2 Å². The number of hydrogen-bond donors (Lipinski definition) is 0. The van der Waals surface area contributed by atoms with Crippen molar-refractivity contribution in [2.45, 2.75) is 77.1 Å². The van der Waals surface area contributed by atoms with Gasteiger partial charge < -0.3 is 19.3 Å². The Balaban J connectivity index is 2.04. The third kappa shape index (κ3) is 8.58. The summed E-state index contributed by atoms with van der Waals surface area (Å²) in [5.41, 5.74) is -3.53. The maximum atomic E-state index is 13.6. The van der Waals surface area contributed by atoms with Crippen molar-refractivity contribution >= 4 is 24.1 Å². The van der Waals surface area contributed by atoms with Gasteiger partial charge in [-0.3, -0.25) is 0 Å². The summed E-state index contributed by atoms with van der Waals surface area (Å²) in [6.07, 6.45) is -4.52. The van der Waals surface area contributed by atoms with Crippen molar-refractivity contribution in [3.8, 4) is 0 Å². The van der Waals surface area contributed by atoms with Crippen LogP contribution < -0.4 is 4.90 Å². The van der Waals surface area contributed by atoms with Gasteiger partial charge in [0.15, 0.2) is 0 Å². The van der Waals surface area contributed by atoms with Crippen LogP contribution in [0.3, 0.4) is 0 Å². The van der Waals surface area contributed by atoms with Crippen LogP contribution in [-0.2, 0) is 33.2 Å². The third-order valence-corrected chi connectivity index (χ3v) is 6.46. The maximum absolute atomic E-state index is 13.6. The van der Waals surface area contributed by atoms with Crippen LogP contribution in [-0.4, -0.2) is 58.3 Å². The first-order valence-electron chi connectivity index (χ1n) is 13.0. The zero-order valence-electron chi connectivity index (χ0n) is 23.7. The Morgan fingerprint density at radius 1 is 1.02 bits per heavy atom. The van der Waals surface area contributed by atoms with E-state index in [2.05, 4.69) is 14.7 Å². The van der Waals surface area contributed by atoms with Gasteiger partial charge in [0.1, 0.15) is 5.60 Å². The number of carbonyl (C=O) groups is 2. The second-order valence-corrected chi connectivity index (χ2v) is 10.8. The van der Waals surface area contributed by atoms with Gasteiger partial charge in [-0.05, 0) is 63.5 Å². The fraction of sp³-hybridized carbons (Fsp3) is 0.500. The van der Waals surface area contributed by atoms with E-state index in [0.29, 0.717) is 30.5 Å². The number of anilines is 1. The van der Waals surface area contributed by atoms with Crippen LogP contribution in [0.2, 0.25) is 0 Å². The van der Waals surface area contributed by atoms with E-state index in [9.17, 15) is 35.9 Å². The summed E-state index contributed by atoms with van der Waals surface area (Å²) in [5, 5.41) is 0. The van der Waals surface area contributed by atoms with E-state index in [1.165, 1.54) is 35.4 Å². The van der Waals surface area contributed by atoms with Crippen molar-refractivity contribution in [3.63, 3.8) is 0 Å². The molecule has 14 heteroatoms. The van der Waals surface area contributed by atoms with E-state index in [4.69, 9.17) is 4.74 Å². The average Bonchev–Trinajstić information content (AvgIpc) is 3.33. The lowest BCUT2D eigenvalue weighted by molar-refractivity contribution is -0.143. The highest BCUT2D eigenvalue weighted by Gasteiger charge is 2.41. The number of aromatic nitrogens is 2. The fourth-order valence-electron chi connectivity index (χ4n) is 4.52. The zero-order chi connectivity index (χ0) is 31.5. The van der Waals surface area contributed by atoms with Crippen LogP contribution in [0.5, 0.6) is 0 Å². The van der Waals surface area contributed by atoms with Gasteiger partial charge in [-0.15, -0.1) is 0 Å². The molecule has 0 aliphatic carbocycles. The molecule has 230 valence electrons. The molecule has 1 aromatic heterocycles. The van der Waals surface area contributed by atoms with Crippen LogP contribution in [0.15, 0.2) is 36.7 Å². The van der Waals surface area contributed by atoms with Gasteiger partial charge in [-0.25, -0.2) is 19.6 Å². The van der Waals surface area contributed by atoms with Crippen LogP contribution >= 0.6 is 0 Å². The summed E-state index contributed by atoms with van der Waals surface area (Å²) in [5.74, 6) is -0.605. The van der Waals surface area contributed by atoms with Gasteiger partial charge in [0, 0.05) is 43.2 Å². The van der Waals surface area contributed by atoms with Crippen molar-refractivity contribution in [2.75, 3.05) is 18.6 Å². The Bertz CT molecular complexity index is 1260. The quantitative estimate of drug-likeness (QED) is 0.203. The fourth-order valence-corrected chi connectivity index (χ4v) is 4.52. The van der Waals surface area contributed by atoms with E-state index in [1.54, 1.807) is 20.8 Å². The van der Waals surface area contributed by atoms with Crippen LogP contribution in [0.25, 0.3) is 6.08 Å². The summed E-state index contributed by atoms with van der Waals surface area (Å²) < 4.78 is 91.5. The molecule has 0 spiro atoms. The number of ether oxygens (including phenoxy) is 2. The summed E-state index contributed by atoms with van der Waals surface area (Å²) >= 11 is 0. The molecule has 3 rings (SSSR count). The number of rotatable bonds is 7. The Morgan fingerprint density at radius 2 is 1.60 bits per heavy atom. The largest absolute Gasteiger partial charge is 0.466 e. The molecule has 8 nitrogen and oxygen atoms in total. The van der Waals surface area contributed by atoms with Crippen molar-refractivity contribution in [1.29, 1.82) is 0 Å². The number of likely N-dealkylation sites (tertiary alicyclic amines) is 1. The van der Waals surface area contributed by atoms with E-state index >= 15 is 0 Å². The number of alkyl halides is 6. The Morgan fingerprint density at radius 3 is 2.07 bits per heavy atom. The molecule has 42 heavy (non-hydrogen) atoms. The normalized spacial score (nSPS) is 17.9. The number of methoxy groups -OCH3 is 1. The molecular formula is C28H32F6N4O4. The minimum atomic E-state index is -5.01. The van der Waals surface area contributed by atoms with Gasteiger partial charge >= 0.3 is 24.4 Å². The van der Waals surface area contributed by atoms with Gasteiger partial charge in [0.2, 0.25) is 5.95 Å². The molecule has 0 saturated carbocycles. The monoisotopic (exact) mass is 602 g/mol. The standard InChI is InChI=1S/C28H32F6N4O4/c1-6-21-12-22(16-38(21)25(40)42-26(2,3)4)37(24-35-13-17(14-36-24)7-8-23(39)41-5)15-18-9-19(27(29,30)31)11-20(10-18)28(32,33)34/h7-11,13-14,21-22H,6,12,15-16H2,1-5H3/b8-7+/t21-,22+/m1/s1. The van der Waals surface area contributed by atoms with Crippen LogP contribution in [0.4, 0.5) is 37.1 Å². The van der Waals surface area contributed by atoms with Crippen molar-refractivity contribution in [2.24, 2.45) is 0 Å². The van der Waals surface area contributed by atoms with Gasteiger partial charge in [0.25, 0.3) is 0 Å². The molecule has 2 aromatic rings. The maximum Gasteiger partial charge on any atom is 0.416 e. The van der Waals surface area contributed by atoms with Gasteiger partial charge in [0.05, 0.1) is 24.3 Å². The molecule has 1 fully saturated rings. The topological polar surface area (TPSA) is 84.9 Å². The molecule has 2 atom stereocenters. The number of nitrogens with zero attached hydrogens (tertiary/aromatic N) is 4. The first-order chi connectivity index (χ1) is 19.4. The summed E-state index contributed by atoms with van der Waals surface area (Å²) in [7, 11) is 1.20. The summed E-state index contributed by atoms with van der Waals surface area (Å²) in [6.45, 7) is 6.65. The van der Waals surface area contributed by atoms with Crippen LogP contribution in [0, 0.1) is 0 Å². The van der Waals surface area contributed by atoms with Gasteiger partial charge in [-0.1, -0.05) is 6.92 Å². The molecule has 1 aliphatic rings. The SMILES string of the molecule is CC[C@@H]1C[C@H](N(Cc2cc(C(F)(F)F)cc(C(F)(F)F)c2)c2ncc(/C=C/C(=O)OC)cn2)CN1C(=O)OC(C)(C)C. The molecule has 1 saturated heterocycles. The predicted octanol–water partition coefficient (Wildman–Crippen LogP) is 6.50. The van der Waals surface area contributed by atoms with Crippen molar-refractivity contribution in [1.82, 2.24) is 14.9 Å². The highest BCUT2D eigenvalue weighted by Crippen LogP contribution is 2.37. The first-order valence-corrected chi connectivity index (χ1v) is 13.0. The molecule has 0 N–H and O–H groups in total. The summed E-state index contributed by atoms with van der Waals surface area (Å²) in [6, 6.07) is 0.519. The number of benzene rings is 1. The molecule has 1 aliphatic heterocycles. The predicted molar refractivity (Wildman–Crippen MR) is 141 cm³/mol. The zero-order valence-corrected chi connectivity index (χ0v) is 23.7. The summed E-state index contributed by atoms with van der Waals surface area (Å²) in [4.78, 5) is 35.9. The van der Waals surface area contributed by atoms with Crippen LogP contribution in [0.1, 0.15) is 62.8 Å². The molecule has 0 radical (unpaired) electrons. The Labute approximate surface area is 239 Å². The second kappa shape index (κ2) is 12.6. The second-order valence-electron chi connectivity index (χ2n) is 10.8. The number of halogens is 6. The first kappa shape index (κ1) is 32.7. The number of carbonyl (C=O) groups excluding carboxylic acids is 2. The number of esters is 1. The smallest absolute Gasteiger partial charge is 0.416 e. The number of amides is 1. The molecule has 0 unspecified atom stereocenters. The average molecular weight is 603 g/mol. The van der Waals surface area contributed by atoms with Gasteiger partial charge in [-0.2, -0.15) is 26.3 Å².